The van der Waals surface area contributed by atoms with Gasteiger partial charge in [0.1, 0.15) is 11.1 Å². The normalized spacial score (nSPS) is 12.0. The maximum Gasteiger partial charge on any atom is 0.235 e. The number of rotatable bonds is 3. The molecule has 0 radical (unpaired) electrons. The number of hydrogen-bond acceptors (Lipinski definition) is 3. The molecule has 3 aromatic heterocycles. The van der Waals surface area contributed by atoms with Gasteiger partial charge in [-0.25, -0.2) is 9.97 Å². The molecule has 0 bridgehead atoms. The van der Waals surface area contributed by atoms with Gasteiger partial charge in [-0.05, 0) is 62.6 Å². The molecule has 232 valence electrons. The number of nitrogens with zero attached hydrogens (tertiary/aromatic N) is 3. The van der Waals surface area contributed by atoms with Gasteiger partial charge in [0.25, 0.3) is 0 Å². The number of furan rings is 1. The van der Waals surface area contributed by atoms with E-state index in [0.29, 0.717) is 5.95 Å². The summed E-state index contributed by atoms with van der Waals surface area (Å²) >= 11 is 0. The van der Waals surface area contributed by atoms with E-state index in [1.54, 1.807) is 0 Å². The van der Waals surface area contributed by atoms with E-state index in [1.165, 1.54) is 32.3 Å². The summed E-state index contributed by atoms with van der Waals surface area (Å²) in [5.41, 5.74) is 7.47. The van der Waals surface area contributed by atoms with Crippen LogP contribution in [0, 0.1) is 0 Å². The second kappa shape index (κ2) is 10.4. The maximum atomic E-state index is 6.64. The zero-order chi connectivity index (χ0) is 32.8. The summed E-state index contributed by atoms with van der Waals surface area (Å²) in [5, 5.41) is 11.8. The molecule has 0 aliphatic heterocycles. The zero-order valence-corrected chi connectivity index (χ0v) is 26.8. The first-order valence-corrected chi connectivity index (χ1v) is 16.9. The molecule has 0 saturated carbocycles. The van der Waals surface area contributed by atoms with E-state index in [1.807, 2.05) is 18.2 Å². The number of benzene rings is 8. The molecule has 11 rings (SSSR count). The van der Waals surface area contributed by atoms with Gasteiger partial charge in [0.15, 0.2) is 5.58 Å². The molecule has 50 heavy (non-hydrogen) atoms. The second-order valence-electron chi connectivity index (χ2n) is 12.9. The van der Waals surface area contributed by atoms with Crippen molar-refractivity contribution in [3.05, 3.63) is 164 Å². The van der Waals surface area contributed by atoms with Crippen molar-refractivity contribution in [2.75, 3.05) is 0 Å². The van der Waals surface area contributed by atoms with Crippen molar-refractivity contribution in [3.8, 4) is 28.5 Å². The molecule has 0 unspecified atom stereocenters. The molecule has 0 fully saturated rings. The minimum absolute atomic E-state index is 0.601. The van der Waals surface area contributed by atoms with Gasteiger partial charge in [-0.3, -0.25) is 4.57 Å². The van der Waals surface area contributed by atoms with Crippen LogP contribution in [-0.4, -0.2) is 14.5 Å². The average molecular weight is 638 g/mol. The summed E-state index contributed by atoms with van der Waals surface area (Å²) in [4.78, 5) is 10.7. The van der Waals surface area contributed by atoms with Crippen LogP contribution in [0.15, 0.2) is 168 Å². The van der Waals surface area contributed by atoms with E-state index in [2.05, 4.69) is 150 Å². The van der Waals surface area contributed by atoms with Gasteiger partial charge in [0.05, 0.1) is 16.9 Å². The van der Waals surface area contributed by atoms with Crippen molar-refractivity contribution in [2.45, 2.75) is 0 Å². The first kappa shape index (κ1) is 27.2. The monoisotopic (exact) mass is 637 g/mol. The van der Waals surface area contributed by atoms with Crippen LogP contribution in [0.3, 0.4) is 0 Å². The quantitative estimate of drug-likeness (QED) is 0.181. The van der Waals surface area contributed by atoms with E-state index in [-0.39, 0.29) is 0 Å². The Morgan fingerprint density at radius 3 is 1.66 bits per heavy atom. The Balaban J connectivity index is 1.24. The van der Waals surface area contributed by atoms with Crippen LogP contribution in [0.5, 0.6) is 0 Å². The fourth-order valence-electron chi connectivity index (χ4n) is 7.94. The Labute approximate surface area is 286 Å². The van der Waals surface area contributed by atoms with Crippen LogP contribution in [0.1, 0.15) is 0 Å². The van der Waals surface area contributed by atoms with Crippen molar-refractivity contribution in [1.29, 1.82) is 0 Å². The molecule has 4 nitrogen and oxygen atoms in total. The Hall–Kier alpha value is -6.78. The summed E-state index contributed by atoms with van der Waals surface area (Å²) in [6.45, 7) is 0. The highest BCUT2D eigenvalue weighted by molar-refractivity contribution is 6.26. The van der Waals surface area contributed by atoms with Gasteiger partial charge in [0, 0.05) is 32.7 Å². The van der Waals surface area contributed by atoms with Crippen LogP contribution in [-0.2, 0) is 0 Å². The minimum Gasteiger partial charge on any atom is -0.454 e. The number of hydrogen-bond donors (Lipinski definition) is 0. The SMILES string of the molecule is c1ccc(-c2cc(-c3ccc4c5ccccc5c5ccccc5c4c3)nc(-n3c4ccccc4c4ccc5c6ccccc6oc5c43)n2)cc1. The average Bonchev–Trinajstić information content (AvgIpc) is 3.74. The standard InChI is InChI=1S/C46H27N3O/c1-2-12-28(13-3-1)40-27-41(29-22-23-34-32-16-5-4-14-30(32)31-15-6-7-17-33(31)39(34)26-29)48-46(47-40)49-42-20-10-8-18-35(42)37-24-25-38-36-19-9-11-21-43(36)50-45(38)44(37)49/h1-27H. The summed E-state index contributed by atoms with van der Waals surface area (Å²) in [5.74, 6) is 0.601. The smallest absolute Gasteiger partial charge is 0.235 e. The summed E-state index contributed by atoms with van der Waals surface area (Å²) in [6.07, 6.45) is 0. The molecule has 8 aromatic carbocycles. The van der Waals surface area contributed by atoms with Gasteiger partial charge >= 0.3 is 0 Å². The third-order valence-electron chi connectivity index (χ3n) is 10.2. The van der Waals surface area contributed by atoms with Crippen molar-refractivity contribution in [1.82, 2.24) is 14.5 Å². The zero-order valence-electron chi connectivity index (χ0n) is 26.8. The Morgan fingerprint density at radius 2 is 0.920 bits per heavy atom. The molecule has 0 spiro atoms. The predicted molar refractivity (Wildman–Crippen MR) is 207 cm³/mol. The second-order valence-corrected chi connectivity index (χ2v) is 12.9. The lowest BCUT2D eigenvalue weighted by molar-refractivity contribution is 0.670. The largest absolute Gasteiger partial charge is 0.454 e. The molecule has 0 saturated heterocycles. The molecule has 4 heteroatoms. The first-order valence-electron chi connectivity index (χ1n) is 16.9. The Morgan fingerprint density at radius 1 is 0.380 bits per heavy atom. The molecule has 0 aliphatic rings. The Bertz CT molecular complexity index is 3120. The topological polar surface area (TPSA) is 43.9 Å². The lowest BCUT2D eigenvalue weighted by Crippen LogP contribution is -2.04. The molecule has 3 heterocycles. The summed E-state index contributed by atoms with van der Waals surface area (Å²) in [7, 11) is 0. The van der Waals surface area contributed by atoms with E-state index in [9.17, 15) is 0 Å². The fourth-order valence-corrected chi connectivity index (χ4v) is 7.94. The number of aromatic nitrogens is 3. The van der Waals surface area contributed by atoms with Crippen LogP contribution >= 0.6 is 0 Å². The van der Waals surface area contributed by atoms with E-state index in [0.717, 1.165) is 66.3 Å². The third kappa shape index (κ3) is 3.87. The van der Waals surface area contributed by atoms with Crippen molar-refractivity contribution in [2.24, 2.45) is 0 Å². The van der Waals surface area contributed by atoms with Crippen molar-refractivity contribution in [3.63, 3.8) is 0 Å². The van der Waals surface area contributed by atoms with Crippen molar-refractivity contribution < 1.29 is 4.42 Å². The van der Waals surface area contributed by atoms with E-state index < -0.39 is 0 Å². The van der Waals surface area contributed by atoms with Crippen LogP contribution in [0.2, 0.25) is 0 Å². The molecule has 0 amide bonds. The lowest BCUT2D eigenvalue weighted by Gasteiger charge is -2.14. The highest BCUT2D eigenvalue weighted by atomic mass is 16.3. The Kier molecular flexibility index (Phi) is 5.63. The van der Waals surface area contributed by atoms with E-state index in [4.69, 9.17) is 14.4 Å². The molecular weight excluding hydrogens is 611 g/mol. The molecule has 0 atom stereocenters. The number of para-hydroxylation sites is 2. The summed E-state index contributed by atoms with van der Waals surface area (Å²) in [6, 6.07) is 57.7. The van der Waals surface area contributed by atoms with Gasteiger partial charge in [-0.1, -0.05) is 133 Å². The van der Waals surface area contributed by atoms with Gasteiger partial charge in [-0.15, -0.1) is 0 Å². The van der Waals surface area contributed by atoms with Gasteiger partial charge in [0.2, 0.25) is 5.95 Å². The predicted octanol–water partition coefficient (Wildman–Crippen LogP) is 12.3. The van der Waals surface area contributed by atoms with Gasteiger partial charge in [-0.2, -0.15) is 0 Å². The lowest BCUT2D eigenvalue weighted by atomic mass is 9.93. The van der Waals surface area contributed by atoms with Crippen molar-refractivity contribution >= 4 is 76.1 Å². The molecular formula is C46H27N3O. The summed E-state index contributed by atoms with van der Waals surface area (Å²) < 4.78 is 8.82. The van der Waals surface area contributed by atoms with Gasteiger partial charge < -0.3 is 4.42 Å². The molecule has 11 aromatic rings. The van der Waals surface area contributed by atoms with Crippen LogP contribution < -0.4 is 0 Å². The number of fused-ring (bicyclic) bond motifs is 13. The minimum atomic E-state index is 0.601. The molecule has 0 aliphatic carbocycles. The third-order valence-corrected chi connectivity index (χ3v) is 10.2. The maximum absolute atomic E-state index is 6.64. The molecule has 0 N–H and O–H groups in total. The fraction of sp³-hybridized carbons (Fsp3) is 0. The first-order chi connectivity index (χ1) is 24.8. The van der Waals surface area contributed by atoms with Crippen LogP contribution in [0.4, 0.5) is 0 Å². The van der Waals surface area contributed by atoms with E-state index >= 15 is 0 Å². The van der Waals surface area contributed by atoms with Crippen LogP contribution in [0.25, 0.3) is 105 Å². The highest BCUT2D eigenvalue weighted by Gasteiger charge is 2.21. The highest BCUT2D eigenvalue weighted by Crippen LogP contribution is 2.41.